The van der Waals surface area contributed by atoms with Crippen LogP contribution in [0.3, 0.4) is 0 Å². The monoisotopic (exact) mass is 350 g/mol. The van der Waals surface area contributed by atoms with Crippen molar-refractivity contribution in [2.24, 2.45) is 0 Å². The first-order chi connectivity index (χ1) is 12.8. The van der Waals surface area contributed by atoms with Crippen molar-refractivity contribution < 1.29 is 14.3 Å². The highest BCUT2D eigenvalue weighted by molar-refractivity contribution is 5.94. The fourth-order valence-corrected chi connectivity index (χ4v) is 2.80. The average Bonchev–Trinajstić information content (AvgIpc) is 3.23. The summed E-state index contributed by atoms with van der Waals surface area (Å²) in [5.74, 6) is 1.38. The second kappa shape index (κ2) is 7.26. The number of benzene rings is 2. The average molecular weight is 350 g/mol. The molecule has 7 nitrogen and oxygen atoms in total. The lowest BCUT2D eigenvalue weighted by Gasteiger charge is -2.26. The number of nitrogens with one attached hydrogen (secondary N) is 1. The number of fused-ring (bicyclic) bond motifs is 1. The third-order valence-corrected chi connectivity index (χ3v) is 4.14. The predicted octanol–water partition coefficient (Wildman–Crippen LogP) is 2.23. The number of aromatic nitrogens is 3. The molecule has 1 amide bonds. The topological polar surface area (TPSA) is 78.3 Å². The van der Waals surface area contributed by atoms with Crippen LogP contribution < -0.4 is 14.8 Å². The quantitative estimate of drug-likeness (QED) is 0.763. The fourth-order valence-electron chi connectivity index (χ4n) is 2.80. The Morgan fingerprint density at radius 1 is 1.12 bits per heavy atom. The third kappa shape index (κ3) is 3.51. The Balaban J connectivity index is 1.32. The van der Waals surface area contributed by atoms with Crippen molar-refractivity contribution in [3.05, 3.63) is 66.7 Å². The highest BCUT2D eigenvalue weighted by Crippen LogP contribution is 2.31. The first kappa shape index (κ1) is 16.1. The van der Waals surface area contributed by atoms with Crippen LogP contribution in [0.25, 0.3) is 5.69 Å². The van der Waals surface area contributed by atoms with Gasteiger partial charge in [0.2, 0.25) is 0 Å². The van der Waals surface area contributed by atoms with E-state index in [1.807, 2.05) is 36.4 Å². The molecule has 1 N–H and O–H groups in total. The van der Waals surface area contributed by atoms with Crippen molar-refractivity contribution in [1.29, 1.82) is 0 Å². The van der Waals surface area contributed by atoms with E-state index in [1.54, 1.807) is 29.4 Å². The molecule has 132 valence electrons. The summed E-state index contributed by atoms with van der Waals surface area (Å²) < 4.78 is 13.3. The zero-order valence-corrected chi connectivity index (χ0v) is 14.0. The molecule has 4 rings (SSSR count). The zero-order chi connectivity index (χ0) is 17.8. The van der Waals surface area contributed by atoms with Gasteiger partial charge in [-0.25, -0.2) is 0 Å². The molecule has 1 atom stereocenters. The molecule has 0 saturated carbocycles. The number of hydrogen-bond acceptors (Lipinski definition) is 5. The van der Waals surface area contributed by atoms with Gasteiger partial charge in [-0.3, -0.25) is 9.36 Å². The predicted molar refractivity (Wildman–Crippen MR) is 94.7 cm³/mol. The van der Waals surface area contributed by atoms with Gasteiger partial charge in [0.1, 0.15) is 25.4 Å². The van der Waals surface area contributed by atoms with E-state index in [4.69, 9.17) is 9.47 Å². The summed E-state index contributed by atoms with van der Waals surface area (Å²) in [6.45, 7) is 0.988. The van der Waals surface area contributed by atoms with Gasteiger partial charge >= 0.3 is 0 Å². The molecule has 26 heavy (non-hydrogen) atoms. The lowest BCUT2D eigenvalue weighted by molar-refractivity contribution is 0.0813. The molecule has 0 spiro atoms. The summed E-state index contributed by atoms with van der Waals surface area (Å²) in [7, 11) is 0. The molecular formula is C19H18N4O3. The van der Waals surface area contributed by atoms with Crippen LogP contribution in [-0.4, -0.2) is 39.9 Å². The molecule has 0 unspecified atom stereocenters. The maximum absolute atomic E-state index is 12.4. The summed E-state index contributed by atoms with van der Waals surface area (Å²) in [4.78, 5) is 12.4. The van der Waals surface area contributed by atoms with Crippen molar-refractivity contribution in [1.82, 2.24) is 20.1 Å². The number of para-hydroxylation sites is 2. The van der Waals surface area contributed by atoms with Gasteiger partial charge in [-0.1, -0.05) is 18.2 Å². The van der Waals surface area contributed by atoms with Crippen LogP contribution in [0.1, 0.15) is 16.8 Å². The number of nitrogens with zero attached hydrogens (tertiary/aromatic N) is 3. The summed E-state index contributed by atoms with van der Waals surface area (Å²) in [6, 6.07) is 14.9. The number of rotatable bonds is 5. The van der Waals surface area contributed by atoms with Crippen molar-refractivity contribution >= 4 is 5.91 Å². The molecule has 2 heterocycles. The molecule has 1 aliphatic rings. The van der Waals surface area contributed by atoms with E-state index >= 15 is 0 Å². The van der Waals surface area contributed by atoms with E-state index in [0.717, 1.165) is 17.2 Å². The van der Waals surface area contributed by atoms with Gasteiger partial charge in [-0.2, -0.15) is 0 Å². The molecule has 0 saturated heterocycles. The number of hydrogen-bond donors (Lipinski definition) is 1. The van der Waals surface area contributed by atoms with E-state index in [9.17, 15) is 4.79 Å². The minimum absolute atomic E-state index is 0.0754. The second-order valence-corrected chi connectivity index (χ2v) is 5.96. The lowest BCUT2D eigenvalue weighted by Crippen LogP contribution is -2.34. The Morgan fingerprint density at radius 3 is 2.77 bits per heavy atom. The lowest BCUT2D eigenvalue weighted by atomic mass is 10.1. The van der Waals surface area contributed by atoms with Crippen LogP contribution in [0.2, 0.25) is 0 Å². The Labute approximate surface area is 150 Å². The summed E-state index contributed by atoms with van der Waals surface area (Å²) in [5, 5.41) is 10.5. The van der Waals surface area contributed by atoms with Gasteiger partial charge in [0.15, 0.2) is 11.5 Å². The molecule has 3 aromatic rings. The highest BCUT2D eigenvalue weighted by Gasteiger charge is 2.20. The number of carbonyl (C=O) groups excluding carboxylic acids is 1. The van der Waals surface area contributed by atoms with Crippen LogP contribution >= 0.6 is 0 Å². The van der Waals surface area contributed by atoms with Crippen molar-refractivity contribution in [3.63, 3.8) is 0 Å². The molecule has 2 aromatic carbocycles. The van der Waals surface area contributed by atoms with Crippen LogP contribution in [0, 0.1) is 0 Å². The second-order valence-electron chi connectivity index (χ2n) is 5.96. The van der Waals surface area contributed by atoms with Crippen LogP contribution in [0.15, 0.2) is 61.2 Å². The van der Waals surface area contributed by atoms with Crippen molar-refractivity contribution in [3.8, 4) is 17.2 Å². The fraction of sp³-hybridized carbons (Fsp3) is 0.211. The Morgan fingerprint density at radius 2 is 1.92 bits per heavy atom. The van der Waals surface area contributed by atoms with Gasteiger partial charge in [-0.05, 0) is 30.3 Å². The SMILES string of the molecule is O=C(NCC[C@@H]1COc2ccccc2O1)c1cccc(-n2cnnc2)c1. The Hall–Kier alpha value is -3.35. The minimum Gasteiger partial charge on any atom is -0.486 e. The number of amides is 1. The largest absolute Gasteiger partial charge is 0.486 e. The third-order valence-electron chi connectivity index (χ3n) is 4.14. The van der Waals surface area contributed by atoms with Gasteiger partial charge < -0.3 is 14.8 Å². The van der Waals surface area contributed by atoms with Gasteiger partial charge in [0, 0.05) is 24.2 Å². The Kier molecular flexibility index (Phi) is 4.51. The molecule has 7 heteroatoms. The molecule has 0 aliphatic carbocycles. The molecule has 1 aliphatic heterocycles. The molecule has 0 bridgehead atoms. The summed E-state index contributed by atoms with van der Waals surface area (Å²) >= 11 is 0. The van der Waals surface area contributed by atoms with E-state index in [-0.39, 0.29) is 12.0 Å². The van der Waals surface area contributed by atoms with Gasteiger partial charge in [0.05, 0.1) is 0 Å². The summed E-state index contributed by atoms with van der Waals surface area (Å²) in [6.07, 6.45) is 3.78. The smallest absolute Gasteiger partial charge is 0.251 e. The van der Waals surface area contributed by atoms with E-state index < -0.39 is 0 Å². The maximum Gasteiger partial charge on any atom is 0.251 e. The minimum atomic E-state index is -0.128. The van der Waals surface area contributed by atoms with Crippen LogP contribution in [-0.2, 0) is 0 Å². The summed E-state index contributed by atoms with van der Waals surface area (Å²) in [5.41, 5.74) is 1.42. The van der Waals surface area contributed by atoms with E-state index in [1.165, 1.54) is 0 Å². The van der Waals surface area contributed by atoms with Crippen LogP contribution in [0.4, 0.5) is 0 Å². The molecule has 0 fully saturated rings. The van der Waals surface area contributed by atoms with Gasteiger partial charge in [-0.15, -0.1) is 10.2 Å². The first-order valence-electron chi connectivity index (χ1n) is 8.41. The van der Waals surface area contributed by atoms with Crippen LogP contribution in [0.5, 0.6) is 11.5 Å². The zero-order valence-electron chi connectivity index (χ0n) is 14.0. The molecule has 0 radical (unpaired) electrons. The highest BCUT2D eigenvalue weighted by atomic mass is 16.6. The van der Waals surface area contributed by atoms with Crippen molar-refractivity contribution in [2.45, 2.75) is 12.5 Å². The number of ether oxygens (including phenoxy) is 2. The molecule has 1 aromatic heterocycles. The molecular weight excluding hydrogens is 332 g/mol. The normalized spacial score (nSPS) is 15.5. The maximum atomic E-state index is 12.4. The van der Waals surface area contributed by atoms with E-state index in [2.05, 4.69) is 15.5 Å². The first-order valence-corrected chi connectivity index (χ1v) is 8.41. The van der Waals surface area contributed by atoms with Crippen molar-refractivity contribution in [2.75, 3.05) is 13.2 Å². The van der Waals surface area contributed by atoms with E-state index in [0.29, 0.717) is 25.1 Å². The number of carbonyl (C=O) groups is 1. The van der Waals surface area contributed by atoms with Gasteiger partial charge in [0.25, 0.3) is 5.91 Å². The standard InChI is InChI=1S/C19H18N4O3/c24-19(14-4-3-5-15(10-14)23-12-21-22-13-23)20-9-8-16-11-25-17-6-1-2-7-18(17)26-16/h1-7,10,12-13,16H,8-9,11H2,(H,20,24)/t16-/m1/s1. The Bertz CT molecular complexity index is 895.